The Morgan fingerprint density at radius 2 is 1.82 bits per heavy atom. The number of halogens is 1. The van der Waals surface area contributed by atoms with Gasteiger partial charge in [0.25, 0.3) is 0 Å². The van der Waals surface area contributed by atoms with Gasteiger partial charge < -0.3 is 11.6 Å². The van der Waals surface area contributed by atoms with Crippen molar-refractivity contribution in [1.82, 2.24) is 0 Å². The van der Waals surface area contributed by atoms with Gasteiger partial charge in [0.1, 0.15) is 5.82 Å². The fourth-order valence-corrected chi connectivity index (χ4v) is 1.47. The molecule has 0 bridgehead atoms. The number of hydrogen-bond acceptors (Lipinski definition) is 3. The normalized spacial score (nSPS) is 13.5. The van der Waals surface area contributed by atoms with Gasteiger partial charge >= 0.3 is 0 Å². The highest BCUT2D eigenvalue weighted by Crippen LogP contribution is 2.11. The number of hydrogen-bond donors (Lipinski definition) is 2. The van der Waals surface area contributed by atoms with E-state index in [0.717, 1.165) is 22.4 Å². The number of allylic oxidation sites excluding steroid dienone is 1. The molecule has 1 aromatic rings. The van der Waals surface area contributed by atoms with Crippen LogP contribution in [-0.2, 0) is 6.42 Å². The van der Waals surface area contributed by atoms with Crippen molar-refractivity contribution in [2.45, 2.75) is 20.3 Å². The van der Waals surface area contributed by atoms with Crippen molar-refractivity contribution in [3.63, 3.8) is 0 Å². The van der Waals surface area contributed by atoms with Crippen LogP contribution in [0.4, 0.5) is 4.39 Å². The van der Waals surface area contributed by atoms with Crippen LogP contribution >= 0.6 is 0 Å². The van der Waals surface area contributed by atoms with Crippen LogP contribution in [0.15, 0.2) is 40.5 Å². The number of rotatable bonds is 4. The molecule has 0 unspecified atom stereocenters. The van der Waals surface area contributed by atoms with Crippen molar-refractivity contribution < 1.29 is 4.39 Å². The molecule has 92 valence electrons. The lowest BCUT2D eigenvalue weighted by Gasteiger charge is -2.09. The zero-order chi connectivity index (χ0) is 12.8. The molecule has 0 heterocycles. The third-order valence-electron chi connectivity index (χ3n) is 2.82. The first-order valence-corrected chi connectivity index (χ1v) is 5.46. The first kappa shape index (κ1) is 13.4. The second-order valence-corrected chi connectivity index (χ2v) is 3.99. The molecule has 17 heavy (non-hydrogen) atoms. The molecule has 0 aromatic heterocycles. The van der Waals surface area contributed by atoms with Crippen molar-refractivity contribution in [3.8, 4) is 0 Å². The number of nitrogens with zero attached hydrogens (tertiary/aromatic N) is 1. The lowest BCUT2D eigenvalue weighted by molar-refractivity contribution is 0.627. The third kappa shape index (κ3) is 3.67. The quantitative estimate of drug-likeness (QED) is 0.476. The molecule has 0 saturated carbocycles. The predicted octanol–water partition coefficient (Wildman–Crippen LogP) is 1.98. The van der Waals surface area contributed by atoms with Gasteiger partial charge in [0.15, 0.2) is 0 Å². The summed E-state index contributed by atoms with van der Waals surface area (Å²) in [6.07, 6.45) is 0.583. The summed E-state index contributed by atoms with van der Waals surface area (Å²) in [5.41, 5.74) is 9.38. The van der Waals surface area contributed by atoms with Crippen molar-refractivity contribution in [2.24, 2.45) is 16.7 Å². The van der Waals surface area contributed by atoms with Crippen molar-refractivity contribution in [3.05, 3.63) is 46.8 Å². The summed E-state index contributed by atoms with van der Waals surface area (Å²) in [6, 6.07) is 6.31. The molecular formula is C13H18FN3. The average Bonchev–Trinajstić information content (AvgIpc) is 2.36. The highest BCUT2D eigenvalue weighted by Gasteiger charge is 2.06. The number of benzene rings is 1. The summed E-state index contributed by atoms with van der Waals surface area (Å²) in [5.74, 6) is 5.14. The minimum atomic E-state index is -0.245. The van der Waals surface area contributed by atoms with E-state index in [4.69, 9.17) is 11.6 Å². The van der Waals surface area contributed by atoms with Crippen LogP contribution in [0.3, 0.4) is 0 Å². The Morgan fingerprint density at radius 1 is 1.24 bits per heavy atom. The number of hydrazone groups is 1. The first-order valence-electron chi connectivity index (χ1n) is 5.46. The van der Waals surface area contributed by atoms with Gasteiger partial charge in [0.05, 0.1) is 5.71 Å². The Balaban J connectivity index is 2.89. The molecule has 0 aliphatic carbocycles. The Bertz CT molecular complexity index is 432. The van der Waals surface area contributed by atoms with Gasteiger partial charge in [-0.05, 0) is 37.1 Å². The SMILES string of the molecule is C/C(CN)=C(C)/C(Cc1ccc(F)cc1)=N\N. The number of nitrogens with two attached hydrogens (primary N) is 2. The maximum atomic E-state index is 12.8. The molecule has 3 nitrogen and oxygen atoms in total. The zero-order valence-electron chi connectivity index (χ0n) is 10.2. The summed E-state index contributed by atoms with van der Waals surface area (Å²) in [6.45, 7) is 4.37. The largest absolute Gasteiger partial charge is 0.327 e. The second-order valence-electron chi connectivity index (χ2n) is 3.99. The molecular weight excluding hydrogens is 217 g/mol. The Labute approximate surface area is 101 Å². The monoisotopic (exact) mass is 235 g/mol. The molecule has 4 heteroatoms. The molecule has 4 N–H and O–H groups in total. The maximum absolute atomic E-state index is 12.8. The lowest BCUT2D eigenvalue weighted by atomic mass is 10.00. The first-order chi connectivity index (χ1) is 8.08. The van der Waals surface area contributed by atoms with E-state index in [1.807, 2.05) is 13.8 Å². The van der Waals surface area contributed by atoms with Gasteiger partial charge in [-0.25, -0.2) is 4.39 Å². The minimum absolute atomic E-state index is 0.245. The highest BCUT2D eigenvalue weighted by atomic mass is 19.1. The zero-order valence-corrected chi connectivity index (χ0v) is 10.2. The lowest BCUT2D eigenvalue weighted by Crippen LogP contribution is -2.13. The van der Waals surface area contributed by atoms with E-state index in [2.05, 4.69) is 5.10 Å². The van der Waals surface area contributed by atoms with E-state index in [-0.39, 0.29) is 5.82 Å². The molecule has 0 saturated heterocycles. The van der Waals surface area contributed by atoms with Gasteiger partial charge in [0.2, 0.25) is 0 Å². The van der Waals surface area contributed by atoms with E-state index in [0.29, 0.717) is 13.0 Å². The van der Waals surface area contributed by atoms with E-state index in [1.165, 1.54) is 12.1 Å². The maximum Gasteiger partial charge on any atom is 0.123 e. The molecule has 0 spiro atoms. The van der Waals surface area contributed by atoms with Crippen molar-refractivity contribution >= 4 is 5.71 Å². The van der Waals surface area contributed by atoms with E-state index in [9.17, 15) is 4.39 Å². The molecule has 0 fully saturated rings. The fraction of sp³-hybridized carbons (Fsp3) is 0.308. The Hall–Kier alpha value is -1.68. The summed E-state index contributed by atoms with van der Waals surface area (Å²) in [7, 11) is 0. The van der Waals surface area contributed by atoms with Crippen LogP contribution in [0.5, 0.6) is 0 Å². The second kappa shape index (κ2) is 6.15. The molecule has 0 aliphatic rings. The van der Waals surface area contributed by atoms with Gasteiger partial charge in [0, 0.05) is 13.0 Å². The van der Waals surface area contributed by atoms with E-state index < -0.39 is 0 Å². The van der Waals surface area contributed by atoms with Crippen LogP contribution in [0.1, 0.15) is 19.4 Å². The van der Waals surface area contributed by atoms with Gasteiger partial charge in [-0.2, -0.15) is 5.10 Å². The Kier molecular flexibility index (Phi) is 4.84. The van der Waals surface area contributed by atoms with E-state index in [1.54, 1.807) is 12.1 Å². The van der Waals surface area contributed by atoms with Crippen molar-refractivity contribution in [1.29, 1.82) is 0 Å². The molecule has 0 aliphatic heterocycles. The van der Waals surface area contributed by atoms with Gasteiger partial charge in [-0.3, -0.25) is 0 Å². The van der Waals surface area contributed by atoms with Crippen LogP contribution < -0.4 is 11.6 Å². The Morgan fingerprint density at radius 3 is 2.29 bits per heavy atom. The molecule has 0 radical (unpaired) electrons. The molecule has 1 rings (SSSR count). The van der Waals surface area contributed by atoms with Crippen molar-refractivity contribution in [2.75, 3.05) is 6.54 Å². The molecule has 0 amide bonds. The molecule has 1 aromatic carbocycles. The van der Waals surface area contributed by atoms with Gasteiger partial charge in [-0.1, -0.05) is 17.7 Å². The van der Waals surface area contributed by atoms with Crippen LogP contribution in [-0.4, -0.2) is 12.3 Å². The smallest absolute Gasteiger partial charge is 0.123 e. The minimum Gasteiger partial charge on any atom is -0.327 e. The van der Waals surface area contributed by atoms with Crippen LogP contribution in [0, 0.1) is 5.82 Å². The van der Waals surface area contributed by atoms with Crippen LogP contribution in [0.25, 0.3) is 0 Å². The third-order valence-corrected chi connectivity index (χ3v) is 2.82. The van der Waals surface area contributed by atoms with E-state index >= 15 is 0 Å². The molecule has 0 atom stereocenters. The summed E-state index contributed by atoms with van der Waals surface area (Å²) >= 11 is 0. The highest BCUT2D eigenvalue weighted by molar-refractivity contribution is 6.01. The summed E-state index contributed by atoms with van der Waals surface area (Å²) in [4.78, 5) is 0. The predicted molar refractivity (Wildman–Crippen MR) is 69.2 cm³/mol. The topological polar surface area (TPSA) is 64.4 Å². The average molecular weight is 235 g/mol. The standard InChI is InChI=1S/C13H18FN3/c1-9(8-15)10(2)13(17-16)7-11-3-5-12(14)6-4-11/h3-6H,7-8,15-16H2,1-2H3/b10-9-,17-13-. The fourth-order valence-electron chi connectivity index (χ4n) is 1.47. The van der Waals surface area contributed by atoms with Gasteiger partial charge in [-0.15, -0.1) is 0 Å². The van der Waals surface area contributed by atoms with Crippen LogP contribution in [0.2, 0.25) is 0 Å². The summed E-state index contributed by atoms with van der Waals surface area (Å²) in [5, 5.41) is 3.78. The summed E-state index contributed by atoms with van der Waals surface area (Å²) < 4.78 is 12.8.